The van der Waals surface area contributed by atoms with Gasteiger partial charge < -0.3 is 33.4 Å². The van der Waals surface area contributed by atoms with Gasteiger partial charge in [0.1, 0.15) is 19.5 Å². The van der Waals surface area contributed by atoms with Crippen LogP contribution in [0.25, 0.3) is 0 Å². The third kappa shape index (κ3) is 22.2. The highest BCUT2D eigenvalue weighted by atomic mass is 32.2. The Morgan fingerprint density at radius 3 is 1.73 bits per heavy atom. The van der Waals surface area contributed by atoms with Crippen LogP contribution < -0.4 is 0 Å². The predicted octanol–water partition coefficient (Wildman–Crippen LogP) is 3.57. The Kier molecular flexibility index (Phi) is 27.5. The van der Waals surface area contributed by atoms with Crippen molar-refractivity contribution in [2.24, 2.45) is 0 Å². The second-order valence-electron chi connectivity index (χ2n) is 6.58. The molecule has 0 aliphatic carbocycles. The summed E-state index contributed by atoms with van der Waals surface area (Å²) in [7, 11) is 0. The number of nitrogens with zero attached hydrogens (tertiary/aromatic N) is 1. The molecule has 1 saturated heterocycles. The molecule has 1 fully saturated rings. The molecule has 0 spiro atoms. The van der Waals surface area contributed by atoms with Crippen molar-refractivity contribution in [3.8, 4) is 0 Å². The molecule has 0 radical (unpaired) electrons. The largest absolute Gasteiger partial charge is 0.463 e. The lowest BCUT2D eigenvalue weighted by Crippen LogP contribution is -2.39. The fourth-order valence-corrected chi connectivity index (χ4v) is 3.27. The van der Waals surface area contributed by atoms with Crippen molar-refractivity contribution < 1.29 is 38.1 Å². The van der Waals surface area contributed by atoms with Crippen molar-refractivity contribution in [3.05, 3.63) is 0 Å². The van der Waals surface area contributed by atoms with Crippen LogP contribution in [0.15, 0.2) is 0 Å². The number of hydrogen-bond acceptors (Lipinski definition) is 9. The highest BCUT2D eigenvalue weighted by Crippen LogP contribution is 2.21. The zero-order valence-corrected chi connectivity index (χ0v) is 22.0. The molecule has 0 saturated carbocycles. The van der Waals surface area contributed by atoms with Gasteiger partial charge in [-0.05, 0) is 32.4 Å². The van der Waals surface area contributed by atoms with Crippen molar-refractivity contribution in [1.29, 1.82) is 0 Å². The summed E-state index contributed by atoms with van der Waals surface area (Å²) in [5.41, 5.74) is 0. The summed E-state index contributed by atoms with van der Waals surface area (Å²) in [5, 5.41) is 0.654. The van der Waals surface area contributed by atoms with Crippen LogP contribution in [-0.2, 0) is 33.3 Å². The van der Waals surface area contributed by atoms with Crippen LogP contribution in [0.1, 0.15) is 53.4 Å². The van der Waals surface area contributed by atoms with E-state index in [2.05, 4.69) is 6.26 Å². The van der Waals surface area contributed by atoms with E-state index in [0.717, 1.165) is 38.6 Å². The van der Waals surface area contributed by atoms with Gasteiger partial charge in [0.2, 0.25) is 0 Å². The first kappa shape index (κ1) is 33.8. The lowest BCUT2D eigenvalue weighted by molar-refractivity contribution is -0.145. The molecule has 1 heterocycles. The summed E-state index contributed by atoms with van der Waals surface area (Å²) in [5.74, 6) is -0.190. The molecule has 0 bridgehead atoms. The standard InChI is InChI=1S/C19H35NO7S.C2H4O.C2H6/c1-3-4-18(21)26-15-13-24-11-9-23-10-12-25-14-16-27-19(22)20-7-5-17(28-2)6-8-20;1-2-3;1-2/h17H,3-16H2,1-2H3;2H,1H3;1-2H3. The smallest absolute Gasteiger partial charge is 0.409 e. The molecular formula is C23H45NO8S. The van der Waals surface area contributed by atoms with Gasteiger partial charge in [-0.2, -0.15) is 11.8 Å². The first-order valence-corrected chi connectivity index (χ1v) is 13.1. The fraction of sp³-hybridized carbons (Fsp3) is 0.870. The zero-order chi connectivity index (χ0) is 25.2. The summed E-state index contributed by atoms with van der Waals surface area (Å²) in [4.78, 5) is 33.6. The van der Waals surface area contributed by atoms with E-state index >= 15 is 0 Å². The fourth-order valence-electron chi connectivity index (χ4n) is 2.59. The maximum Gasteiger partial charge on any atom is 0.409 e. The molecule has 1 aliphatic rings. The van der Waals surface area contributed by atoms with Crippen LogP contribution in [0, 0.1) is 0 Å². The van der Waals surface area contributed by atoms with Crippen LogP contribution in [0.4, 0.5) is 4.79 Å². The number of rotatable bonds is 15. The van der Waals surface area contributed by atoms with Gasteiger partial charge in [0.05, 0.1) is 39.6 Å². The van der Waals surface area contributed by atoms with Gasteiger partial charge in [0.15, 0.2) is 0 Å². The normalized spacial score (nSPS) is 13.2. The minimum Gasteiger partial charge on any atom is -0.463 e. The molecule has 0 N–H and O–H groups in total. The second kappa shape index (κ2) is 26.9. The number of aldehydes is 1. The number of esters is 1. The molecule has 0 unspecified atom stereocenters. The third-order valence-corrected chi connectivity index (χ3v) is 5.31. The van der Waals surface area contributed by atoms with Crippen molar-refractivity contribution >= 4 is 30.1 Å². The SMILES string of the molecule is CC.CC=O.CCCC(=O)OCCOCCOCCOCCOC(=O)N1CCC(SC)CC1. The Labute approximate surface area is 204 Å². The maximum atomic E-state index is 11.9. The average Bonchev–Trinajstić information content (AvgIpc) is 2.84. The number of carbonyl (C=O) groups is 3. The molecule has 9 nitrogen and oxygen atoms in total. The number of likely N-dealkylation sites (tertiary alicyclic amines) is 1. The van der Waals surface area contributed by atoms with E-state index in [1.807, 2.05) is 32.5 Å². The van der Waals surface area contributed by atoms with E-state index in [9.17, 15) is 9.59 Å². The number of piperidine rings is 1. The lowest BCUT2D eigenvalue weighted by atomic mass is 10.1. The predicted molar refractivity (Wildman–Crippen MR) is 131 cm³/mol. The molecule has 10 heteroatoms. The molecule has 0 atom stereocenters. The maximum absolute atomic E-state index is 11.9. The molecule has 1 rings (SSSR count). The number of amides is 1. The van der Waals surface area contributed by atoms with Crippen molar-refractivity contribution in [2.75, 3.05) is 72.2 Å². The van der Waals surface area contributed by atoms with Crippen molar-refractivity contribution in [3.63, 3.8) is 0 Å². The number of hydrogen-bond donors (Lipinski definition) is 0. The summed E-state index contributed by atoms with van der Waals surface area (Å²) in [6.07, 6.45) is 5.89. The number of thioether (sulfide) groups is 1. The van der Waals surface area contributed by atoms with Crippen LogP contribution in [0.3, 0.4) is 0 Å². The van der Waals surface area contributed by atoms with Crippen LogP contribution >= 0.6 is 11.8 Å². The Bertz CT molecular complexity index is 460. The molecule has 1 amide bonds. The highest BCUT2D eigenvalue weighted by molar-refractivity contribution is 7.99. The Morgan fingerprint density at radius 1 is 0.879 bits per heavy atom. The topological polar surface area (TPSA) is 101 Å². The van der Waals surface area contributed by atoms with Gasteiger partial charge in [0, 0.05) is 24.8 Å². The molecule has 1 aliphatic heterocycles. The van der Waals surface area contributed by atoms with Gasteiger partial charge in [-0.25, -0.2) is 4.79 Å². The third-order valence-electron chi connectivity index (χ3n) is 4.18. The zero-order valence-electron chi connectivity index (χ0n) is 21.2. The van der Waals surface area contributed by atoms with Crippen LogP contribution in [-0.4, -0.2) is 101 Å². The average molecular weight is 496 g/mol. The molecule has 0 aromatic carbocycles. The first-order valence-electron chi connectivity index (χ1n) is 11.8. The second-order valence-corrected chi connectivity index (χ2v) is 7.72. The Balaban J connectivity index is 0. The number of carbonyl (C=O) groups excluding carboxylic acids is 3. The quantitative estimate of drug-likeness (QED) is 0.192. The summed E-state index contributed by atoms with van der Waals surface area (Å²) in [6, 6.07) is 0. The molecule has 0 aromatic heterocycles. The van der Waals surface area contributed by atoms with Gasteiger partial charge in [-0.15, -0.1) is 0 Å². The van der Waals surface area contributed by atoms with Crippen molar-refractivity contribution in [1.82, 2.24) is 4.90 Å². The van der Waals surface area contributed by atoms with Gasteiger partial charge in [-0.1, -0.05) is 20.8 Å². The molecule has 196 valence electrons. The minimum atomic E-state index is -0.253. The summed E-state index contributed by atoms with van der Waals surface area (Å²) in [6.45, 7) is 11.9. The first-order chi connectivity index (χ1) is 16.1. The van der Waals surface area contributed by atoms with Gasteiger partial charge in [0.25, 0.3) is 0 Å². The monoisotopic (exact) mass is 495 g/mol. The van der Waals surface area contributed by atoms with E-state index in [-0.39, 0.29) is 25.3 Å². The lowest BCUT2D eigenvalue weighted by Gasteiger charge is -2.30. The van der Waals surface area contributed by atoms with E-state index in [1.165, 1.54) is 6.92 Å². The van der Waals surface area contributed by atoms with E-state index in [4.69, 9.17) is 28.5 Å². The molecule has 0 aromatic rings. The van der Waals surface area contributed by atoms with Gasteiger partial charge >= 0.3 is 12.1 Å². The van der Waals surface area contributed by atoms with Gasteiger partial charge in [-0.3, -0.25) is 4.79 Å². The van der Waals surface area contributed by atoms with E-state index in [1.54, 1.807) is 4.90 Å². The summed E-state index contributed by atoms with van der Waals surface area (Å²) >= 11 is 1.86. The van der Waals surface area contributed by atoms with E-state index in [0.29, 0.717) is 51.3 Å². The minimum absolute atomic E-state index is 0.190. The van der Waals surface area contributed by atoms with Crippen molar-refractivity contribution in [2.45, 2.75) is 58.6 Å². The molecular weight excluding hydrogens is 450 g/mol. The van der Waals surface area contributed by atoms with Crippen LogP contribution in [0.5, 0.6) is 0 Å². The van der Waals surface area contributed by atoms with E-state index < -0.39 is 0 Å². The Hall–Kier alpha value is -1.36. The number of ether oxygens (including phenoxy) is 5. The van der Waals surface area contributed by atoms with Crippen LogP contribution in [0.2, 0.25) is 0 Å². The Morgan fingerprint density at radius 2 is 1.30 bits per heavy atom. The summed E-state index contributed by atoms with van der Waals surface area (Å²) < 4.78 is 26.2. The highest BCUT2D eigenvalue weighted by Gasteiger charge is 2.22. The molecule has 33 heavy (non-hydrogen) atoms.